The summed E-state index contributed by atoms with van der Waals surface area (Å²) in [5, 5.41) is 11.4. The predicted octanol–water partition coefficient (Wildman–Crippen LogP) is 2.76. The first-order chi connectivity index (χ1) is 15.1. The van der Waals surface area contributed by atoms with Gasteiger partial charge in [-0.1, -0.05) is 31.1 Å². The molecule has 7 nitrogen and oxygen atoms in total. The van der Waals surface area contributed by atoms with Crippen LogP contribution in [0.25, 0.3) is 0 Å². The molecule has 0 amide bonds. The van der Waals surface area contributed by atoms with Crippen LogP contribution in [0, 0.1) is 16.7 Å². The van der Waals surface area contributed by atoms with E-state index in [1.807, 2.05) is 19.9 Å². The molecular weight excluding hydrogens is 412 g/mol. The third-order valence-corrected chi connectivity index (χ3v) is 8.29. The van der Waals surface area contributed by atoms with Crippen molar-refractivity contribution in [3.05, 3.63) is 34.9 Å². The zero-order valence-corrected chi connectivity index (χ0v) is 18.8. The third kappa shape index (κ3) is 3.04. The van der Waals surface area contributed by atoms with Crippen LogP contribution in [0.1, 0.15) is 59.3 Å². The van der Waals surface area contributed by atoms with Crippen molar-refractivity contribution < 1.29 is 33.8 Å². The minimum absolute atomic E-state index is 0.0381. The summed E-state index contributed by atoms with van der Waals surface area (Å²) in [6.07, 6.45) is 6.96. The van der Waals surface area contributed by atoms with Crippen LogP contribution >= 0.6 is 0 Å². The van der Waals surface area contributed by atoms with Gasteiger partial charge in [-0.15, -0.1) is 0 Å². The molecular formula is C25H30O7. The highest BCUT2D eigenvalue weighted by molar-refractivity contribution is 6.01. The standard InChI is InChI=1S/C25H30O7/c1-4-21(30)32-25(20(29)13-31-14-26)10-8-18-17-6-5-15-11-16(27)7-9-23(15,2)22(17)19(28)12-24(18,25)3/h7,9,11,14,18-19,28H,4-6,8,10,12-13H2,1-3H3/t18-,19-,23-,24-,25-/m0/s1. The van der Waals surface area contributed by atoms with Crippen LogP contribution in [0.4, 0.5) is 0 Å². The van der Waals surface area contributed by atoms with Gasteiger partial charge in [0.25, 0.3) is 6.47 Å². The molecule has 0 unspecified atom stereocenters. The minimum atomic E-state index is -1.46. The quantitative estimate of drug-likeness (QED) is 0.383. The lowest BCUT2D eigenvalue weighted by molar-refractivity contribution is -0.186. The molecule has 32 heavy (non-hydrogen) atoms. The van der Waals surface area contributed by atoms with Crippen molar-refractivity contribution in [1.29, 1.82) is 0 Å². The minimum Gasteiger partial charge on any atom is -0.460 e. The lowest BCUT2D eigenvalue weighted by Crippen LogP contribution is -2.59. The monoisotopic (exact) mass is 442 g/mol. The second-order valence-electron chi connectivity index (χ2n) is 9.76. The van der Waals surface area contributed by atoms with Gasteiger partial charge < -0.3 is 14.6 Å². The second-order valence-corrected chi connectivity index (χ2v) is 9.76. The van der Waals surface area contributed by atoms with Crippen molar-refractivity contribution in [1.82, 2.24) is 0 Å². The molecule has 0 bridgehead atoms. The van der Waals surface area contributed by atoms with E-state index in [0.29, 0.717) is 25.7 Å². The van der Waals surface area contributed by atoms with Gasteiger partial charge in [0.15, 0.2) is 18.0 Å². The molecule has 4 rings (SSSR count). The molecule has 0 radical (unpaired) electrons. The van der Waals surface area contributed by atoms with Crippen molar-refractivity contribution in [3.8, 4) is 0 Å². The van der Waals surface area contributed by atoms with E-state index in [4.69, 9.17) is 9.47 Å². The van der Waals surface area contributed by atoms with E-state index in [-0.39, 0.29) is 31.0 Å². The van der Waals surface area contributed by atoms with Crippen LogP contribution < -0.4 is 0 Å². The Morgan fingerprint density at radius 1 is 1.28 bits per heavy atom. The summed E-state index contributed by atoms with van der Waals surface area (Å²) in [6.45, 7) is 5.35. The summed E-state index contributed by atoms with van der Waals surface area (Å²) in [7, 11) is 0. The molecule has 1 N–H and O–H groups in total. The summed E-state index contributed by atoms with van der Waals surface area (Å²) < 4.78 is 10.6. The maximum absolute atomic E-state index is 13.3. The molecule has 0 aromatic rings. The molecule has 4 aliphatic rings. The summed E-state index contributed by atoms with van der Waals surface area (Å²) >= 11 is 0. The Balaban J connectivity index is 1.81. The molecule has 1 saturated carbocycles. The number of hydrogen-bond donors (Lipinski definition) is 1. The van der Waals surface area contributed by atoms with Gasteiger partial charge in [0, 0.05) is 17.3 Å². The molecule has 0 aliphatic heterocycles. The number of ether oxygens (including phenoxy) is 2. The van der Waals surface area contributed by atoms with Gasteiger partial charge >= 0.3 is 5.97 Å². The molecule has 5 atom stereocenters. The number of esters is 1. The van der Waals surface area contributed by atoms with Crippen LogP contribution in [-0.2, 0) is 28.7 Å². The average Bonchev–Trinajstić information content (AvgIpc) is 3.04. The number of hydrogen-bond acceptors (Lipinski definition) is 7. The van der Waals surface area contributed by atoms with E-state index < -0.39 is 40.9 Å². The summed E-state index contributed by atoms with van der Waals surface area (Å²) in [4.78, 5) is 48.4. The number of ketones is 2. The van der Waals surface area contributed by atoms with E-state index in [1.165, 1.54) is 0 Å². The van der Waals surface area contributed by atoms with Crippen LogP contribution in [0.15, 0.2) is 34.9 Å². The lowest BCUT2D eigenvalue weighted by Gasteiger charge is -2.53. The fraction of sp³-hybridized carbons (Fsp3) is 0.600. The number of rotatable bonds is 6. The van der Waals surface area contributed by atoms with Crippen LogP contribution in [0.3, 0.4) is 0 Å². The number of aliphatic hydroxyl groups excluding tert-OH is 1. The fourth-order valence-corrected chi connectivity index (χ4v) is 6.76. The number of fused-ring (bicyclic) bond motifs is 4. The maximum atomic E-state index is 13.3. The third-order valence-electron chi connectivity index (χ3n) is 8.29. The maximum Gasteiger partial charge on any atom is 0.306 e. The normalized spacial score (nSPS) is 37.8. The molecule has 7 heteroatoms. The highest BCUT2D eigenvalue weighted by Crippen LogP contribution is 2.65. The van der Waals surface area contributed by atoms with Crippen molar-refractivity contribution in [2.45, 2.75) is 71.0 Å². The largest absolute Gasteiger partial charge is 0.460 e. The molecule has 0 aromatic heterocycles. The van der Waals surface area contributed by atoms with Gasteiger partial charge in [0.1, 0.15) is 0 Å². The Kier molecular flexibility index (Phi) is 5.52. The molecule has 4 aliphatic carbocycles. The van der Waals surface area contributed by atoms with E-state index in [9.17, 15) is 24.3 Å². The van der Waals surface area contributed by atoms with Gasteiger partial charge in [0.2, 0.25) is 5.78 Å². The summed E-state index contributed by atoms with van der Waals surface area (Å²) in [5.41, 5.74) is 0.203. The average molecular weight is 443 g/mol. The zero-order valence-electron chi connectivity index (χ0n) is 18.8. The van der Waals surface area contributed by atoms with E-state index in [2.05, 4.69) is 0 Å². The SMILES string of the molecule is CCC(=O)O[C@]1(C(=O)COC=O)CC[C@H]2C3=C([C@@H](O)C[C@@]21C)[C@@]1(C)C=CC(=O)C=C1CC3. The Morgan fingerprint density at radius 2 is 2.03 bits per heavy atom. The highest BCUT2D eigenvalue weighted by Gasteiger charge is 2.67. The first kappa shape index (κ1) is 22.6. The van der Waals surface area contributed by atoms with Crippen molar-refractivity contribution >= 4 is 24.0 Å². The zero-order chi connectivity index (χ0) is 23.3. The van der Waals surface area contributed by atoms with E-state index in [0.717, 1.165) is 16.7 Å². The Hall–Kier alpha value is -2.54. The predicted molar refractivity (Wildman–Crippen MR) is 114 cm³/mol. The topological polar surface area (TPSA) is 107 Å². The summed E-state index contributed by atoms with van der Waals surface area (Å²) in [5.74, 6) is -1.03. The second kappa shape index (κ2) is 7.80. The van der Waals surface area contributed by atoms with Gasteiger partial charge in [0.05, 0.1) is 6.10 Å². The van der Waals surface area contributed by atoms with Crippen molar-refractivity contribution in [2.75, 3.05) is 6.61 Å². The van der Waals surface area contributed by atoms with Crippen LogP contribution in [0.2, 0.25) is 0 Å². The number of carbonyl (C=O) groups excluding carboxylic acids is 4. The van der Waals surface area contributed by atoms with Crippen molar-refractivity contribution in [2.24, 2.45) is 16.7 Å². The Bertz CT molecular complexity index is 973. The van der Waals surface area contributed by atoms with E-state index in [1.54, 1.807) is 19.1 Å². The number of carbonyl (C=O) groups is 4. The first-order valence-electron chi connectivity index (χ1n) is 11.3. The van der Waals surface area contributed by atoms with Crippen molar-refractivity contribution in [3.63, 3.8) is 0 Å². The van der Waals surface area contributed by atoms with Gasteiger partial charge in [-0.05, 0) is 62.7 Å². The smallest absolute Gasteiger partial charge is 0.306 e. The molecule has 172 valence electrons. The number of allylic oxidation sites excluding steroid dienone is 5. The van der Waals surface area contributed by atoms with Gasteiger partial charge in [-0.3, -0.25) is 19.2 Å². The molecule has 1 fully saturated rings. The Morgan fingerprint density at radius 3 is 2.72 bits per heavy atom. The van der Waals surface area contributed by atoms with Crippen LogP contribution in [0.5, 0.6) is 0 Å². The highest BCUT2D eigenvalue weighted by atomic mass is 16.6. The molecule has 0 heterocycles. The van der Waals surface area contributed by atoms with E-state index >= 15 is 0 Å². The number of aliphatic hydroxyl groups is 1. The van der Waals surface area contributed by atoms with Crippen LogP contribution in [-0.4, -0.2) is 47.4 Å². The van der Waals surface area contributed by atoms with Gasteiger partial charge in [-0.2, -0.15) is 0 Å². The fourth-order valence-electron chi connectivity index (χ4n) is 6.76. The molecule has 0 saturated heterocycles. The Labute approximate surface area is 187 Å². The summed E-state index contributed by atoms with van der Waals surface area (Å²) in [6, 6.07) is 0. The molecule has 0 aromatic carbocycles. The molecule has 0 spiro atoms. The first-order valence-corrected chi connectivity index (χ1v) is 11.3. The number of Topliss-reactive ketones (excluding diaryl/α,β-unsaturated/α-hetero) is 1. The lowest BCUT2D eigenvalue weighted by atomic mass is 9.52. The van der Waals surface area contributed by atoms with Gasteiger partial charge in [-0.25, -0.2) is 0 Å².